The van der Waals surface area contributed by atoms with Crippen LogP contribution in [0.2, 0.25) is 5.02 Å². The molecule has 0 bridgehead atoms. The van der Waals surface area contributed by atoms with Gasteiger partial charge in [-0.3, -0.25) is 4.79 Å². The fraction of sp³-hybridized carbons (Fsp3) is 0.556. The van der Waals surface area contributed by atoms with Gasteiger partial charge in [0.2, 0.25) is 0 Å². The fourth-order valence-corrected chi connectivity index (χ4v) is 3.64. The van der Waals surface area contributed by atoms with Gasteiger partial charge < -0.3 is 9.80 Å². The Hall–Kier alpha value is -2.29. The van der Waals surface area contributed by atoms with E-state index in [0.29, 0.717) is 42.5 Å². The van der Waals surface area contributed by atoms with Crippen molar-refractivity contribution in [3.05, 3.63) is 39.2 Å². The SMILES string of the molecule is Cc1cc(N2CCN(c3cnn(CC(F)F)c(=O)c3Cl)CC2)nc(C2CC2)n1. The zero-order valence-electron chi connectivity index (χ0n) is 15.5. The minimum absolute atomic E-state index is 0.0713. The van der Waals surface area contributed by atoms with Crippen molar-refractivity contribution in [2.45, 2.75) is 38.7 Å². The van der Waals surface area contributed by atoms with Crippen LogP contribution in [0.5, 0.6) is 0 Å². The Morgan fingerprint density at radius 2 is 1.86 bits per heavy atom. The zero-order chi connectivity index (χ0) is 19.8. The van der Waals surface area contributed by atoms with E-state index >= 15 is 0 Å². The number of hydrogen-bond acceptors (Lipinski definition) is 6. The predicted molar refractivity (Wildman–Crippen MR) is 103 cm³/mol. The lowest BCUT2D eigenvalue weighted by Crippen LogP contribution is -2.47. The van der Waals surface area contributed by atoms with E-state index in [-0.39, 0.29) is 5.02 Å². The van der Waals surface area contributed by atoms with Crippen LogP contribution in [0.3, 0.4) is 0 Å². The molecule has 10 heteroatoms. The van der Waals surface area contributed by atoms with Crippen LogP contribution in [-0.2, 0) is 6.54 Å². The summed E-state index contributed by atoms with van der Waals surface area (Å²) in [5.74, 6) is 2.34. The van der Waals surface area contributed by atoms with Crippen molar-refractivity contribution in [2.24, 2.45) is 0 Å². The molecule has 2 aliphatic rings. The van der Waals surface area contributed by atoms with Crippen LogP contribution in [0.4, 0.5) is 20.3 Å². The Balaban J connectivity index is 1.47. The second-order valence-corrected chi connectivity index (χ2v) is 7.57. The van der Waals surface area contributed by atoms with Crippen molar-refractivity contribution < 1.29 is 8.78 Å². The highest BCUT2D eigenvalue weighted by molar-refractivity contribution is 6.33. The third kappa shape index (κ3) is 3.94. The van der Waals surface area contributed by atoms with Gasteiger partial charge in [-0.25, -0.2) is 23.4 Å². The van der Waals surface area contributed by atoms with Gasteiger partial charge in [0.15, 0.2) is 0 Å². The summed E-state index contributed by atoms with van der Waals surface area (Å²) < 4.78 is 25.8. The molecule has 0 amide bonds. The molecular formula is C18H21ClF2N6O. The van der Waals surface area contributed by atoms with Crippen molar-refractivity contribution in [2.75, 3.05) is 36.0 Å². The number of alkyl halides is 2. The molecule has 2 aromatic heterocycles. The van der Waals surface area contributed by atoms with Crippen LogP contribution in [0.15, 0.2) is 17.1 Å². The summed E-state index contributed by atoms with van der Waals surface area (Å²) in [6.07, 6.45) is 1.04. The summed E-state index contributed by atoms with van der Waals surface area (Å²) >= 11 is 6.16. The zero-order valence-corrected chi connectivity index (χ0v) is 16.2. The second kappa shape index (κ2) is 7.62. The standard InChI is InChI=1S/C18H21ClF2N6O/c1-11-8-15(24-17(23-11)12-2-3-12)26-6-4-25(5-7-26)13-9-22-27(10-14(20)21)18(28)16(13)19/h8-9,12,14H,2-7,10H2,1H3. The Kier molecular flexibility index (Phi) is 5.18. The average Bonchev–Trinajstić information content (AvgIpc) is 3.50. The highest BCUT2D eigenvalue weighted by Gasteiger charge is 2.28. The lowest BCUT2D eigenvalue weighted by molar-refractivity contribution is 0.119. The van der Waals surface area contributed by atoms with E-state index in [0.717, 1.165) is 30.2 Å². The number of halogens is 3. The summed E-state index contributed by atoms with van der Waals surface area (Å²) in [6, 6.07) is 1.99. The number of nitrogens with zero attached hydrogens (tertiary/aromatic N) is 6. The highest BCUT2D eigenvalue weighted by Crippen LogP contribution is 2.38. The minimum atomic E-state index is -2.66. The Bertz CT molecular complexity index is 925. The minimum Gasteiger partial charge on any atom is -0.365 e. The quantitative estimate of drug-likeness (QED) is 0.754. The van der Waals surface area contributed by atoms with Crippen molar-refractivity contribution in [1.82, 2.24) is 19.7 Å². The first-order valence-electron chi connectivity index (χ1n) is 9.31. The molecule has 1 aliphatic carbocycles. The van der Waals surface area contributed by atoms with Gasteiger partial charge in [0.25, 0.3) is 12.0 Å². The van der Waals surface area contributed by atoms with Crippen LogP contribution in [0.25, 0.3) is 0 Å². The van der Waals surface area contributed by atoms with Crippen LogP contribution < -0.4 is 15.4 Å². The molecule has 150 valence electrons. The number of aryl methyl sites for hydroxylation is 1. The molecule has 28 heavy (non-hydrogen) atoms. The van der Waals surface area contributed by atoms with Crippen LogP contribution in [0, 0.1) is 6.92 Å². The lowest BCUT2D eigenvalue weighted by Gasteiger charge is -2.37. The Labute approximate surface area is 165 Å². The summed E-state index contributed by atoms with van der Waals surface area (Å²) in [6.45, 7) is 3.88. The predicted octanol–water partition coefficient (Wildman–Crippen LogP) is 2.46. The van der Waals surface area contributed by atoms with Gasteiger partial charge in [-0.05, 0) is 19.8 Å². The monoisotopic (exact) mass is 410 g/mol. The van der Waals surface area contributed by atoms with Gasteiger partial charge in [0.1, 0.15) is 23.2 Å². The number of aromatic nitrogens is 4. The molecule has 0 radical (unpaired) electrons. The van der Waals surface area contributed by atoms with E-state index in [1.54, 1.807) is 0 Å². The molecule has 0 spiro atoms. The first-order chi connectivity index (χ1) is 13.4. The van der Waals surface area contributed by atoms with Crippen molar-refractivity contribution in [3.8, 4) is 0 Å². The molecule has 0 unspecified atom stereocenters. The smallest absolute Gasteiger partial charge is 0.287 e. The number of piperazine rings is 1. The normalized spacial score (nSPS) is 17.5. The molecular weight excluding hydrogens is 390 g/mol. The van der Waals surface area contributed by atoms with Crippen LogP contribution in [0.1, 0.15) is 30.3 Å². The topological polar surface area (TPSA) is 67.2 Å². The third-order valence-electron chi connectivity index (χ3n) is 5.02. The van der Waals surface area contributed by atoms with Gasteiger partial charge in [0, 0.05) is 43.9 Å². The van der Waals surface area contributed by atoms with Gasteiger partial charge in [-0.2, -0.15) is 5.10 Å². The van der Waals surface area contributed by atoms with E-state index in [4.69, 9.17) is 16.6 Å². The van der Waals surface area contributed by atoms with E-state index in [9.17, 15) is 13.6 Å². The summed E-state index contributed by atoms with van der Waals surface area (Å²) in [4.78, 5) is 25.6. The fourth-order valence-electron chi connectivity index (χ4n) is 3.37. The molecule has 0 N–H and O–H groups in total. The largest absolute Gasteiger partial charge is 0.365 e. The van der Waals surface area contributed by atoms with Crippen molar-refractivity contribution in [1.29, 1.82) is 0 Å². The van der Waals surface area contributed by atoms with Gasteiger partial charge in [0.05, 0.1) is 11.9 Å². The molecule has 1 saturated heterocycles. The average molecular weight is 411 g/mol. The number of rotatable bonds is 5. The molecule has 0 aromatic carbocycles. The maximum atomic E-state index is 12.5. The Morgan fingerprint density at radius 3 is 2.50 bits per heavy atom. The second-order valence-electron chi connectivity index (χ2n) is 7.20. The van der Waals surface area contributed by atoms with Gasteiger partial charge >= 0.3 is 0 Å². The van der Waals surface area contributed by atoms with E-state index in [1.807, 2.05) is 17.9 Å². The number of anilines is 2. The highest BCUT2D eigenvalue weighted by atomic mass is 35.5. The van der Waals surface area contributed by atoms with E-state index in [2.05, 4.69) is 15.0 Å². The van der Waals surface area contributed by atoms with Crippen molar-refractivity contribution >= 4 is 23.1 Å². The molecule has 2 aromatic rings. The molecule has 0 atom stereocenters. The Morgan fingerprint density at radius 1 is 1.18 bits per heavy atom. The molecule has 3 heterocycles. The van der Waals surface area contributed by atoms with Gasteiger partial charge in [-0.15, -0.1) is 0 Å². The van der Waals surface area contributed by atoms with Crippen LogP contribution in [-0.4, -0.2) is 52.4 Å². The first kappa shape index (κ1) is 19.0. The van der Waals surface area contributed by atoms with Crippen molar-refractivity contribution in [3.63, 3.8) is 0 Å². The lowest BCUT2D eigenvalue weighted by atomic mass is 10.2. The van der Waals surface area contributed by atoms with Gasteiger partial charge in [-0.1, -0.05) is 11.6 Å². The molecule has 7 nitrogen and oxygen atoms in total. The summed E-state index contributed by atoms with van der Waals surface area (Å²) in [7, 11) is 0. The van der Waals surface area contributed by atoms with Crippen LogP contribution >= 0.6 is 11.6 Å². The molecule has 1 aliphatic heterocycles. The number of hydrogen-bond donors (Lipinski definition) is 0. The van der Waals surface area contributed by atoms with E-state index in [1.165, 1.54) is 6.20 Å². The molecule has 4 rings (SSSR count). The maximum Gasteiger partial charge on any atom is 0.287 e. The van der Waals surface area contributed by atoms with E-state index < -0.39 is 18.5 Å². The molecule has 2 fully saturated rings. The maximum absolute atomic E-state index is 12.5. The molecule has 1 saturated carbocycles. The first-order valence-corrected chi connectivity index (χ1v) is 9.69. The summed E-state index contributed by atoms with van der Waals surface area (Å²) in [5.41, 5.74) is 0.751. The summed E-state index contributed by atoms with van der Waals surface area (Å²) in [5, 5.41) is 3.77. The third-order valence-corrected chi connectivity index (χ3v) is 5.38.